The SMILES string of the molecule is C=C(NCC/C=C/c1ccccc1)c1ccccc1CN1CCc2ccc(O)cc2C1CC. The second kappa shape index (κ2) is 11.0. The van der Waals surface area contributed by atoms with Crippen LogP contribution in [-0.2, 0) is 13.0 Å². The van der Waals surface area contributed by atoms with Crippen molar-refractivity contribution in [3.05, 3.63) is 113 Å². The van der Waals surface area contributed by atoms with E-state index >= 15 is 0 Å². The lowest BCUT2D eigenvalue weighted by Crippen LogP contribution is -2.35. The highest BCUT2D eigenvalue weighted by atomic mass is 16.3. The summed E-state index contributed by atoms with van der Waals surface area (Å²) in [7, 11) is 0. The third-order valence-corrected chi connectivity index (χ3v) is 6.46. The summed E-state index contributed by atoms with van der Waals surface area (Å²) in [6, 6.07) is 25.1. The van der Waals surface area contributed by atoms with E-state index < -0.39 is 0 Å². The van der Waals surface area contributed by atoms with Crippen molar-refractivity contribution >= 4 is 11.8 Å². The minimum Gasteiger partial charge on any atom is -0.508 e. The minimum atomic E-state index is 0.318. The van der Waals surface area contributed by atoms with Crippen LogP contribution in [0.3, 0.4) is 0 Å². The van der Waals surface area contributed by atoms with Gasteiger partial charge in [0.1, 0.15) is 5.75 Å². The quantitative estimate of drug-likeness (QED) is 0.371. The summed E-state index contributed by atoms with van der Waals surface area (Å²) in [5, 5.41) is 13.6. The Hall–Kier alpha value is -3.30. The van der Waals surface area contributed by atoms with Crippen molar-refractivity contribution in [3.63, 3.8) is 0 Å². The Kier molecular flexibility index (Phi) is 7.64. The van der Waals surface area contributed by atoms with E-state index in [0.29, 0.717) is 11.8 Å². The van der Waals surface area contributed by atoms with E-state index in [0.717, 1.165) is 44.6 Å². The largest absolute Gasteiger partial charge is 0.508 e. The summed E-state index contributed by atoms with van der Waals surface area (Å²) in [6.45, 7) is 9.31. The van der Waals surface area contributed by atoms with Gasteiger partial charge in [-0.2, -0.15) is 0 Å². The fourth-order valence-corrected chi connectivity index (χ4v) is 4.76. The van der Waals surface area contributed by atoms with Crippen LogP contribution < -0.4 is 5.32 Å². The monoisotopic (exact) mass is 438 g/mol. The van der Waals surface area contributed by atoms with Crippen molar-refractivity contribution in [1.29, 1.82) is 0 Å². The van der Waals surface area contributed by atoms with Gasteiger partial charge < -0.3 is 10.4 Å². The van der Waals surface area contributed by atoms with E-state index in [4.69, 9.17) is 0 Å². The maximum Gasteiger partial charge on any atom is 0.115 e. The average molecular weight is 439 g/mol. The molecule has 1 unspecified atom stereocenters. The highest BCUT2D eigenvalue weighted by molar-refractivity contribution is 5.64. The van der Waals surface area contributed by atoms with Crippen LogP contribution in [0.5, 0.6) is 5.75 Å². The molecule has 0 radical (unpaired) electrons. The van der Waals surface area contributed by atoms with Gasteiger partial charge in [-0.3, -0.25) is 4.90 Å². The zero-order chi connectivity index (χ0) is 23.0. The fourth-order valence-electron chi connectivity index (χ4n) is 4.76. The van der Waals surface area contributed by atoms with Crippen LogP contribution >= 0.6 is 0 Å². The van der Waals surface area contributed by atoms with Gasteiger partial charge in [0.05, 0.1) is 0 Å². The van der Waals surface area contributed by atoms with Crippen LogP contribution in [0.1, 0.15) is 53.6 Å². The number of phenols is 1. The lowest BCUT2D eigenvalue weighted by Gasteiger charge is -2.37. The molecule has 2 N–H and O–H groups in total. The maximum absolute atomic E-state index is 10.0. The molecule has 33 heavy (non-hydrogen) atoms. The number of phenolic OH excluding ortho intramolecular Hbond substituents is 1. The van der Waals surface area contributed by atoms with Gasteiger partial charge in [0.2, 0.25) is 0 Å². The number of aromatic hydroxyl groups is 1. The molecular formula is C30H34N2O. The Bertz CT molecular complexity index is 1100. The van der Waals surface area contributed by atoms with Crippen LogP contribution in [0.15, 0.2) is 85.5 Å². The van der Waals surface area contributed by atoms with Crippen LogP contribution in [0.25, 0.3) is 11.8 Å². The first kappa shape index (κ1) is 22.9. The van der Waals surface area contributed by atoms with Crippen molar-refractivity contribution in [1.82, 2.24) is 10.2 Å². The normalized spacial score (nSPS) is 16.0. The van der Waals surface area contributed by atoms with Gasteiger partial charge in [-0.1, -0.05) is 86.3 Å². The molecule has 3 aromatic rings. The van der Waals surface area contributed by atoms with E-state index in [1.807, 2.05) is 12.1 Å². The van der Waals surface area contributed by atoms with E-state index in [1.54, 1.807) is 6.07 Å². The van der Waals surface area contributed by atoms with Gasteiger partial charge in [-0.05, 0) is 53.6 Å². The summed E-state index contributed by atoms with van der Waals surface area (Å²) in [5.74, 6) is 0.355. The second-order valence-corrected chi connectivity index (χ2v) is 8.69. The molecule has 0 amide bonds. The first-order valence-corrected chi connectivity index (χ1v) is 11.9. The topological polar surface area (TPSA) is 35.5 Å². The Labute approximate surface area is 198 Å². The molecule has 0 aromatic heterocycles. The number of benzene rings is 3. The average Bonchev–Trinajstić information content (AvgIpc) is 2.84. The summed E-state index contributed by atoms with van der Waals surface area (Å²) >= 11 is 0. The van der Waals surface area contributed by atoms with Crippen LogP contribution in [0.4, 0.5) is 0 Å². The van der Waals surface area contributed by atoms with Gasteiger partial charge in [0.25, 0.3) is 0 Å². The lowest BCUT2D eigenvalue weighted by atomic mass is 9.90. The molecule has 3 aromatic carbocycles. The van der Waals surface area contributed by atoms with Gasteiger partial charge in [0.15, 0.2) is 0 Å². The predicted molar refractivity (Wildman–Crippen MR) is 139 cm³/mol. The number of nitrogens with zero attached hydrogens (tertiary/aromatic N) is 1. The van der Waals surface area contributed by atoms with Crippen molar-refractivity contribution < 1.29 is 5.11 Å². The van der Waals surface area contributed by atoms with Crippen molar-refractivity contribution in [3.8, 4) is 5.75 Å². The zero-order valence-electron chi connectivity index (χ0n) is 19.5. The highest BCUT2D eigenvalue weighted by Gasteiger charge is 2.27. The molecule has 0 bridgehead atoms. The first-order valence-electron chi connectivity index (χ1n) is 11.9. The molecule has 3 nitrogen and oxygen atoms in total. The van der Waals surface area contributed by atoms with Crippen LogP contribution in [0.2, 0.25) is 0 Å². The third kappa shape index (κ3) is 5.74. The summed E-state index contributed by atoms with van der Waals surface area (Å²) in [6.07, 6.45) is 7.34. The standard InChI is InChI=1S/C30H34N2O/c1-3-30-29-21-27(33)17-16-25(29)18-20-32(30)22-26-14-7-8-15-28(26)23(2)31-19-10-9-13-24-11-5-4-6-12-24/h4-9,11-17,21,30-31,33H,2-3,10,18-20,22H2,1H3/b13-9+. The molecule has 170 valence electrons. The number of rotatable bonds is 9. The molecule has 1 aliphatic rings. The molecule has 1 atom stereocenters. The number of fused-ring (bicyclic) bond motifs is 1. The van der Waals surface area contributed by atoms with E-state index in [9.17, 15) is 5.11 Å². The molecule has 3 heteroatoms. The third-order valence-electron chi connectivity index (χ3n) is 6.46. The van der Waals surface area contributed by atoms with E-state index in [1.165, 1.54) is 27.8 Å². The van der Waals surface area contributed by atoms with E-state index in [-0.39, 0.29) is 0 Å². The fraction of sp³-hybridized carbons (Fsp3) is 0.267. The minimum absolute atomic E-state index is 0.318. The Morgan fingerprint density at radius 1 is 1.09 bits per heavy atom. The Morgan fingerprint density at radius 2 is 1.88 bits per heavy atom. The lowest BCUT2D eigenvalue weighted by molar-refractivity contribution is 0.171. The van der Waals surface area contributed by atoms with Crippen molar-refractivity contribution in [2.24, 2.45) is 0 Å². The molecule has 4 rings (SSSR count). The van der Waals surface area contributed by atoms with Crippen LogP contribution in [0, 0.1) is 0 Å². The molecule has 1 aliphatic heterocycles. The molecule has 0 saturated heterocycles. The van der Waals surface area contributed by atoms with Gasteiger partial charge in [0, 0.05) is 36.9 Å². The molecule has 0 spiro atoms. The summed E-state index contributed by atoms with van der Waals surface area (Å²) < 4.78 is 0. The molecule has 1 heterocycles. The van der Waals surface area contributed by atoms with Crippen molar-refractivity contribution in [2.75, 3.05) is 13.1 Å². The molecule has 0 aliphatic carbocycles. The van der Waals surface area contributed by atoms with Gasteiger partial charge in [-0.15, -0.1) is 0 Å². The number of hydrogen-bond acceptors (Lipinski definition) is 3. The molecular weight excluding hydrogens is 404 g/mol. The smallest absolute Gasteiger partial charge is 0.115 e. The van der Waals surface area contributed by atoms with Gasteiger partial charge in [-0.25, -0.2) is 0 Å². The number of nitrogens with one attached hydrogen (secondary N) is 1. The summed E-state index contributed by atoms with van der Waals surface area (Å²) in [5.41, 5.74) is 7.30. The Morgan fingerprint density at radius 3 is 2.70 bits per heavy atom. The van der Waals surface area contributed by atoms with Crippen LogP contribution in [-0.4, -0.2) is 23.1 Å². The molecule has 0 fully saturated rings. The molecule has 0 saturated carbocycles. The number of hydrogen-bond donors (Lipinski definition) is 2. The maximum atomic E-state index is 10.0. The predicted octanol–water partition coefficient (Wildman–Crippen LogP) is 6.57. The van der Waals surface area contributed by atoms with Crippen molar-refractivity contribution in [2.45, 2.75) is 38.8 Å². The summed E-state index contributed by atoms with van der Waals surface area (Å²) in [4.78, 5) is 2.54. The van der Waals surface area contributed by atoms with Gasteiger partial charge >= 0.3 is 0 Å². The second-order valence-electron chi connectivity index (χ2n) is 8.69. The zero-order valence-corrected chi connectivity index (χ0v) is 19.5. The highest BCUT2D eigenvalue weighted by Crippen LogP contribution is 2.35. The van der Waals surface area contributed by atoms with E-state index in [2.05, 4.69) is 90.5 Å². The Balaban J connectivity index is 1.40. The first-order chi connectivity index (χ1) is 16.2.